The molecule has 1 saturated carbocycles. The predicted octanol–water partition coefficient (Wildman–Crippen LogP) is 2.12. The van der Waals surface area contributed by atoms with Crippen LogP contribution in [0.3, 0.4) is 0 Å². The number of urea groups is 1. The molecule has 1 fully saturated rings. The largest absolute Gasteiger partial charge is 0.480 e. The predicted molar refractivity (Wildman–Crippen MR) is 73.3 cm³/mol. The summed E-state index contributed by atoms with van der Waals surface area (Å²) in [7, 11) is 0. The highest BCUT2D eigenvalue weighted by molar-refractivity contribution is 7.10. The summed E-state index contributed by atoms with van der Waals surface area (Å²) in [6, 6.07) is 1.64. The van der Waals surface area contributed by atoms with Gasteiger partial charge in [-0.2, -0.15) is 0 Å². The van der Waals surface area contributed by atoms with Crippen molar-refractivity contribution in [2.45, 2.75) is 44.7 Å². The van der Waals surface area contributed by atoms with Crippen LogP contribution in [0.15, 0.2) is 11.4 Å². The number of hydrogen-bond acceptors (Lipinski definition) is 3. The lowest BCUT2D eigenvalue weighted by Gasteiger charge is -2.38. The molecule has 0 bridgehead atoms. The Hall–Kier alpha value is -1.56. The summed E-state index contributed by atoms with van der Waals surface area (Å²) in [5, 5.41) is 16.4. The molecule has 1 aliphatic carbocycles. The number of hydrogen-bond donors (Lipinski definition) is 3. The number of amides is 2. The van der Waals surface area contributed by atoms with Gasteiger partial charge >= 0.3 is 12.0 Å². The minimum absolute atomic E-state index is 0.405. The maximum Gasteiger partial charge on any atom is 0.329 e. The number of aryl methyl sites for hydroxylation is 1. The molecule has 1 aromatic heterocycles. The maximum absolute atomic E-state index is 11.8. The van der Waals surface area contributed by atoms with Crippen LogP contribution in [0.1, 0.15) is 36.6 Å². The van der Waals surface area contributed by atoms with Gasteiger partial charge in [0.15, 0.2) is 0 Å². The van der Waals surface area contributed by atoms with E-state index in [1.165, 1.54) is 5.56 Å². The zero-order valence-electron chi connectivity index (χ0n) is 10.9. The molecule has 0 unspecified atom stereocenters. The summed E-state index contributed by atoms with van der Waals surface area (Å²) < 4.78 is 0. The monoisotopic (exact) mass is 282 g/mol. The third-order valence-corrected chi connectivity index (χ3v) is 4.56. The number of carbonyl (C=O) groups excluding carboxylic acids is 1. The Morgan fingerprint density at radius 1 is 1.47 bits per heavy atom. The van der Waals surface area contributed by atoms with Gasteiger partial charge in [0.05, 0.1) is 6.54 Å². The Bertz CT molecular complexity index is 480. The van der Waals surface area contributed by atoms with E-state index < -0.39 is 17.5 Å². The molecule has 2 amide bonds. The molecule has 1 heterocycles. The summed E-state index contributed by atoms with van der Waals surface area (Å²) in [6.45, 7) is 2.52. The smallest absolute Gasteiger partial charge is 0.329 e. The molecule has 0 atom stereocenters. The molecule has 0 aromatic carbocycles. The van der Waals surface area contributed by atoms with Crippen molar-refractivity contribution in [3.05, 3.63) is 21.9 Å². The topological polar surface area (TPSA) is 78.4 Å². The second-order valence-corrected chi connectivity index (χ2v) is 5.77. The molecule has 1 aliphatic rings. The third-order valence-electron chi connectivity index (χ3n) is 3.60. The Morgan fingerprint density at radius 3 is 2.74 bits per heavy atom. The van der Waals surface area contributed by atoms with Gasteiger partial charge in [0.25, 0.3) is 0 Å². The Kier molecular flexibility index (Phi) is 4.09. The van der Waals surface area contributed by atoms with Crippen LogP contribution in [0.25, 0.3) is 0 Å². The van der Waals surface area contributed by atoms with Gasteiger partial charge in [-0.1, -0.05) is 6.92 Å². The van der Waals surface area contributed by atoms with E-state index in [1.54, 1.807) is 11.3 Å². The molecule has 1 aromatic rings. The van der Waals surface area contributed by atoms with E-state index in [0.717, 1.165) is 17.7 Å². The SMILES string of the molecule is CCc1ccsc1CNC(=O)NC1(C(=O)O)CCC1. The van der Waals surface area contributed by atoms with E-state index in [9.17, 15) is 9.59 Å². The molecule has 6 heteroatoms. The molecule has 2 rings (SSSR count). The van der Waals surface area contributed by atoms with Crippen molar-refractivity contribution in [3.63, 3.8) is 0 Å². The second kappa shape index (κ2) is 5.61. The standard InChI is InChI=1S/C13H18N2O3S/c1-2-9-4-7-19-10(9)8-14-12(18)15-13(11(16)17)5-3-6-13/h4,7H,2-3,5-6,8H2,1H3,(H,16,17)(H2,14,15,18). The lowest BCUT2D eigenvalue weighted by molar-refractivity contribution is -0.148. The van der Waals surface area contributed by atoms with Crippen LogP contribution < -0.4 is 10.6 Å². The van der Waals surface area contributed by atoms with Crippen molar-refractivity contribution < 1.29 is 14.7 Å². The fourth-order valence-electron chi connectivity index (χ4n) is 2.18. The number of rotatable bonds is 5. The lowest BCUT2D eigenvalue weighted by Crippen LogP contribution is -2.61. The molecule has 104 valence electrons. The Labute approximate surface area is 116 Å². The number of carboxylic acids is 1. The molecule has 0 aliphatic heterocycles. The average Bonchev–Trinajstić information content (AvgIpc) is 2.78. The number of nitrogens with one attached hydrogen (secondary N) is 2. The third kappa shape index (κ3) is 2.89. The summed E-state index contributed by atoms with van der Waals surface area (Å²) >= 11 is 1.60. The Morgan fingerprint density at radius 2 is 2.21 bits per heavy atom. The van der Waals surface area contributed by atoms with E-state index >= 15 is 0 Å². The van der Waals surface area contributed by atoms with Crippen LogP contribution in [0.4, 0.5) is 4.79 Å². The van der Waals surface area contributed by atoms with Crippen molar-refractivity contribution in [2.24, 2.45) is 0 Å². The number of thiophene rings is 1. The summed E-state index contributed by atoms with van der Waals surface area (Å²) in [5.74, 6) is -0.945. The van der Waals surface area contributed by atoms with Gasteiger partial charge in [-0.05, 0) is 42.7 Å². The van der Waals surface area contributed by atoms with Gasteiger partial charge in [0.2, 0.25) is 0 Å². The van der Waals surface area contributed by atoms with E-state index in [0.29, 0.717) is 19.4 Å². The average molecular weight is 282 g/mol. The van der Waals surface area contributed by atoms with Crippen LogP contribution in [0, 0.1) is 0 Å². The highest BCUT2D eigenvalue weighted by atomic mass is 32.1. The van der Waals surface area contributed by atoms with Gasteiger partial charge in [-0.15, -0.1) is 11.3 Å². The van der Waals surface area contributed by atoms with Crippen LogP contribution in [-0.4, -0.2) is 22.6 Å². The number of aliphatic carboxylic acids is 1. The molecular formula is C13H18N2O3S. The lowest BCUT2D eigenvalue weighted by atomic mass is 9.77. The van der Waals surface area contributed by atoms with Gasteiger partial charge in [-0.25, -0.2) is 9.59 Å². The van der Waals surface area contributed by atoms with Crippen LogP contribution >= 0.6 is 11.3 Å². The van der Waals surface area contributed by atoms with Gasteiger partial charge < -0.3 is 15.7 Å². The van der Waals surface area contributed by atoms with Crippen molar-refractivity contribution in [1.82, 2.24) is 10.6 Å². The van der Waals surface area contributed by atoms with Crippen LogP contribution in [0.2, 0.25) is 0 Å². The Balaban J connectivity index is 1.87. The van der Waals surface area contributed by atoms with Crippen LogP contribution in [0.5, 0.6) is 0 Å². The zero-order chi connectivity index (χ0) is 13.9. The fraction of sp³-hybridized carbons (Fsp3) is 0.538. The van der Waals surface area contributed by atoms with E-state index in [4.69, 9.17) is 5.11 Å². The molecule has 0 radical (unpaired) electrons. The quantitative estimate of drug-likeness (QED) is 0.774. The summed E-state index contributed by atoms with van der Waals surface area (Å²) in [4.78, 5) is 24.0. The van der Waals surface area contributed by atoms with Crippen molar-refractivity contribution in [1.29, 1.82) is 0 Å². The fourth-order valence-corrected chi connectivity index (χ4v) is 3.10. The van der Waals surface area contributed by atoms with Gasteiger partial charge in [0.1, 0.15) is 5.54 Å². The second-order valence-electron chi connectivity index (χ2n) is 4.77. The first-order valence-electron chi connectivity index (χ1n) is 6.42. The zero-order valence-corrected chi connectivity index (χ0v) is 11.7. The first-order valence-corrected chi connectivity index (χ1v) is 7.30. The van der Waals surface area contributed by atoms with E-state index in [-0.39, 0.29) is 0 Å². The molecule has 3 N–H and O–H groups in total. The highest BCUT2D eigenvalue weighted by Gasteiger charge is 2.45. The van der Waals surface area contributed by atoms with Crippen LogP contribution in [-0.2, 0) is 17.8 Å². The van der Waals surface area contributed by atoms with Gasteiger partial charge in [-0.3, -0.25) is 0 Å². The highest BCUT2D eigenvalue weighted by Crippen LogP contribution is 2.31. The maximum atomic E-state index is 11.8. The molecule has 0 spiro atoms. The van der Waals surface area contributed by atoms with Crippen molar-refractivity contribution in [3.8, 4) is 0 Å². The molecule has 5 nitrogen and oxygen atoms in total. The number of carbonyl (C=O) groups is 2. The number of carboxylic acid groups (broad SMARTS) is 1. The minimum Gasteiger partial charge on any atom is -0.480 e. The van der Waals surface area contributed by atoms with Crippen molar-refractivity contribution in [2.75, 3.05) is 0 Å². The summed E-state index contributed by atoms with van der Waals surface area (Å²) in [5.41, 5.74) is 0.175. The normalized spacial score (nSPS) is 16.5. The van der Waals surface area contributed by atoms with E-state index in [1.807, 2.05) is 11.4 Å². The first-order chi connectivity index (χ1) is 9.07. The molecule has 19 heavy (non-hydrogen) atoms. The van der Waals surface area contributed by atoms with Gasteiger partial charge in [0, 0.05) is 4.88 Å². The van der Waals surface area contributed by atoms with Crippen molar-refractivity contribution >= 4 is 23.3 Å². The summed E-state index contributed by atoms with van der Waals surface area (Å²) in [6.07, 6.45) is 2.79. The van der Waals surface area contributed by atoms with E-state index in [2.05, 4.69) is 17.6 Å². The molecule has 0 saturated heterocycles. The molecular weight excluding hydrogens is 264 g/mol. The first kappa shape index (κ1) is 13.9. The minimum atomic E-state index is -1.05.